The molecule has 0 aromatic heterocycles. The summed E-state index contributed by atoms with van der Waals surface area (Å²) in [5.41, 5.74) is 1.13. The van der Waals surface area contributed by atoms with Crippen molar-refractivity contribution in [1.29, 1.82) is 0 Å². The van der Waals surface area contributed by atoms with E-state index in [9.17, 15) is 13.6 Å². The fraction of sp³-hybridized carbons (Fsp3) is 0.133. The monoisotopic (exact) mass is 276 g/mol. The molecule has 0 saturated carbocycles. The van der Waals surface area contributed by atoms with Crippen LogP contribution in [0, 0.1) is 11.6 Å². The summed E-state index contributed by atoms with van der Waals surface area (Å²) >= 11 is 0. The largest absolute Gasteiger partial charge is 0.365 e. The summed E-state index contributed by atoms with van der Waals surface area (Å²) in [4.78, 5) is 13.5. The van der Waals surface area contributed by atoms with Crippen LogP contribution in [0.15, 0.2) is 48.5 Å². The van der Waals surface area contributed by atoms with E-state index in [1.54, 1.807) is 30.1 Å². The summed E-state index contributed by atoms with van der Waals surface area (Å²) < 4.78 is 25.8. The van der Waals surface area contributed by atoms with E-state index in [1.807, 2.05) is 0 Å². The lowest BCUT2D eigenvalue weighted by atomic mass is 10.3. The summed E-state index contributed by atoms with van der Waals surface area (Å²) in [5, 5.41) is 2.60. The van der Waals surface area contributed by atoms with Gasteiger partial charge in [0.15, 0.2) is 0 Å². The van der Waals surface area contributed by atoms with Crippen molar-refractivity contribution in [3.05, 3.63) is 60.2 Å². The molecular formula is C15H14F2N2O. The Bertz CT molecular complexity index is 599. The van der Waals surface area contributed by atoms with E-state index in [1.165, 1.54) is 30.3 Å². The van der Waals surface area contributed by atoms with Gasteiger partial charge in [0.25, 0.3) is 0 Å². The van der Waals surface area contributed by atoms with Crippen LogP contribution in [0.3, 0.4) is 0 Å². The number of nitrogens with one attached hydrogen (secondary N) is 1. The minimum atomic E-state index is -0.408. The molecule has 0 aliphatic carbocycles. The SMILES string of the molecule is CN(CC(=O)Nc1cccc(F)c1)c1ccc(F)cc1. The van der Waals surface area contributed by atoms with Crippen LogP contribution in [0.1, 0.15) is 0 Å². The van der Waals surface area contributed by atoms with E-state index in [0.717, 1.165) is 5.69 Å². The third-order valence-electron chi connectivity index (χ3n) is 2.76. The molecule has 0 fully saturated rings. The number of benzene rings is 2. The van der Waals surface area contributed by atoms with Gasteiger partial charge in [0.2, 0.25) is 5.91 Å². The molecule has 2 aromatic carbocycles. The van der Waals surface area contributed by atoms with Crippen LogP contribution in [0.5, 0.6) is 0 Å². The summed E-state index contributed by atoms with van der Waals surface area (Å²) in [5.74, 6) is -1.01. The highest BCUT2D eigenvalue weighted by molar-refractivity contribution is 5.93. The summed E-state index contributed by atoms with van der Waals surface area (Å²) in [7, 11) is 1.72. The average Bonchev–Trinajstić information content (AvgIpc) is 2.39. The molecule has 0 radical (unpaired) electrons. The van der Waals surface area contributed by atoms with Crippen molar-refractivity contribution in [2.24, 2.45) is 0 Å². The highest BCUT2D eigenvalue weighted by atomic mass is 19.1. The number of halogens is 2. The summed E-state index contributed by atoms with van der Waals surface area (Å²) in [6.45, 7) is 0.0855. The Balaban J connectivity index is 1.95. The minimum Gasteiger partial charge on any atom is -0.365 e. The second kappa shape index (κ2) is 6.14. The number of nitrogens with zero attached hydrogens (tertiary/aromatic N) is 1. The van der Waals surface area contributed by atoms with Crippen LogP contribution in [0.4, 0.5) is 20.2 Å². The van der Waals surface area contributed by atoms with Crippen molar-refractivity contribution in [2.45, 2.75) is 0 Å². The fourth-order valence-electron chi connectivity index (χ4n) is 1.77. The number of rotatable bonds is 4. The van der Waals surface area contributed by atoms with Crippen LogP contribution >= 0.6 is 0 Å². The Kier molecular flexibility index (Phi) is 4.30. The Morgan fingerprint density at radius 2 is 1.80 bits per heavy atom. The molecule has 0 spiro atoms. The van der Waals surface area contributed by atoms with Crippen molar-refractivity contribution in [3.63, 3.8) is 0 Å². The third-order valence-corrected chi connectivity index (χ3v) is 2.76. The summed E-state index contributed by atoms with van der Waals surface area (Å²) in [6.07, 6.45) is 0. The van der Waals surface area contributed by atoms with Gasteiger partial charge in [0.1, 0.15) is 11.6 Å². The smallest absolute Gasteiger partial charge is 0.243 e. The molecule has 0 aliphatic heterocycles. The summed E-state index contributed by atoms with van der Waals surface area (Å²) in [6, 6.07) is 11.5. The van der Waals surface area contributed by atoms with E-state index in [0.29, 0.717) is 5.69 Å². The van der Waals surface area contributed by atoms with Crippen molar-refractivity contribution in [2.75, 3.05) is 23.8 Å². The zero-order valence-corrected chi connectivity index (χ0v) is 10.9. The maximum Gasteiger partial charge on any atom is 0.243 e. The molecule has 1 amide bonds. The number of likely N-dealkylation sites (N-methyl/N-ethyl adjacent to an activating group) is 1. The van der Waals surface area contributed by atoms with E-state index in [-0.39, 0.29) is 18.3 Å². The van der Waals surface area contributed by atoms with Crippen molar-refractivity contribution in [1.82, 2.24) is 0 Å². The second-order valence-electron chi connectivity index (χ2n) is 4.39. The number of anilines is 2. The lowest BCUT2D eigenvalue weighted by molar-refractivity contribution is -0.114. The first-order valence-electron chi connectivity index (χ1n) is 6.07. The van der Waals surface area contributed by atoms with Crippen molar-refractivity contribution < 1.29 is 13.6 Å². The van der Waals surface area contributed by atoms with Crippen LogP contribution in [0.2, 0.25) is 0 Å². The highest BCUT2D eigenvalue weighted by Crippen LogP contribution is 2.13. The number of hydrogen-bond acceptors (Lipinski definition) is 2. The Morgan fingerprint density at radius 1 is 1.10 bits per heavy atom. The zero-order chi connectivity index (χ0) is 14.5. The van der Waals surface area contributed by atoms with Crippen LogP contribution in [0.25, 0.3) is 0 Å². The molecule has 3 nitrogen and oxygen atoms in total. The van der Waals surface area contributed by atoms with Crippen LogP contribution in [-0.2, 0) is 4.79 Å². The molecule has 0 saturated heterocycles. The quantitative estimate of drug-likeness (QED) is 0.931. The number of carbonyl (C=O) groups is 1. The van der Waals surface area contributed by atoms with Gasteiger partial charge in [0.05, 0.1) is 6.54 Å². The molecule has 0 atom stereocenters. The van der Waals surface area contributed by atoms with Gasteiger partial charge in [-0.1, -0.05) is 6.07 Å². The van der Waals surface area contributed by atoms with Gasteiger partial charge in [-0.05, 0) is 42.5 Å². The molecule has 0 aliphatic rings. The van der Waals surface area contributed by atoms with Crippen molar-refractivity contribution in [3.8, 4) is 0 Å². The molecule has 0 unspecified atom stereocenters. The van der Waals surface area contributed by atoms with E-state index >= 15 is 0 Å². The number of carbonyl (C=O) groups excluding carboxylic acids is 1. The van der Waals surface area contributed by atoms with E-state index in [4.69, 9.17) is 0 Å². The average molecular weight is 276 g/mol. The lowest BCUT2D eigenvalue weighted by Gasteiger charge is -2.18. The second-order valence-corrected chi connectivity index (χ2v) is 4.39. The Hall–Kier alpha value is -2.43. The fourth-order valence-corrected chi connectivity index (χ4v) is 1.77. The molecule has 0 bridgehead atoms. The Labute approximate surface area is 115 Å². The topological polar surface area (TPSA) is 32.3 Å². The van der Waals surface area contributed by atoms with Crippen LogP contribution < -0.4 is 10.2 Å². The predicted octanol–water partition coefficient (Wildman–Crippen LogP) is 3.04. The van der Waals surface area contributed by atoms with E-state index in [2.05, 4.69) is 5.32 Å². The van der Waals surface area contributed by atoms with E-state index < -0.39 is 5.82 Å². The third kappa shape index (κ3) is 3.78. The van der Waals surface area contributed by atoms with Crippen LogP contribution in [-0.4, -0.2) is 19.5 Å². The first-order chi connectivity index (χ1) is 9.54. The molecular weight excluding hydrogens is 262 g/mol. The maximum absolute atomic E-state index is 13.0. The molecule has 104 valence electrons. The first kappa shape index (κ1) is 14.0. The zero-order valence-electron chi connectivity index (χ0n) is 10.9. The molecule has 2 aromatic rings. The minimum absolute atomic E-state index is 0.0855. The maximum atomic E-state index is 13.0. The standard InChI is InChI=1S/C15H14F2N2O/c1-19(14-7-5-11(16)6-8-14)10-15(20)18-13-4-2-3-12(17)9-13/h2-9H,10H2,1H3,(H,18,20). The lowest BCUT2D eigenvalue weighted by Crippen LogP contribution is -2.30. The number of hydrogen-bond donors (Lipinski definition) is 1. The molecule has 0 heterocycles. The van der Waals surface area contributed by atoms with Gasteiger partial charge in [0, 0.05) is 18.4 Å². The normalized spacial score (nSPS) is 10.2. The predicted molar refractivity (Wildman–Crippen MR) is 74.7 cm³/mol. The van der Waals surface area contributed by atoms with Gasteiger partial charge < -0.3 is 10.2 Å². The molecule has 2 rings (SSSR count). The first-order valence-corrected chi connectivity index (χ1v) is 6.07. The molecule has 1 N–H and O–H groups in total. The van der Waals surface area contributed by atoms with Crippen molar-refractivity contribution >= 4 is 17.3 Å². The van der Waals surface area contributed by atoms with Gasteiger partial charge in [-0.2, -0.15) is 0 Å². The highest BCUT2D eigenvalue weighted by Gasteiger charge is 2.08. The van der Waals surface area contributed by atoms with Gasteiger partial charge in [-0.15, -0.1) is 0 Å². The number of amides is 1. The van der Waals surface area contributed by atoms with Gasteiger partial charge >= 0.3 is 0 Å². The Morgan fingerprint density at radius 3 is 2.45 bits per heavy atom. The molecule has 5 heteroatoms. The molecule has 20 heavy (non-hydrogen) atoms. The van der Waals surface area contributed by atoms with Gasteiger partial charge in [-0.25, -0.2) is 8.78 Å². The van der Waals surface area contributed by atoms with Gasteiger partial charge in [-0.3, -0.25) is 4.79 Å².